The van der Waals surface area contributed by atoms with E-state index in [4.69, 9.17) is 19.3 Å². The van der Waals surface area contributed by atoms with E-state index >= 15 is 0 Å². The van der Waals surface area contributed by atoms with E-state index < -0.39 is 0 Å². The number of methoxy groups -OCH3 is 3. The van der Waals surface area contributed by atoms with Crippen molar-refractivity contribution in [3.05, 3.63) is 65.2 Å². The van der Waals surface area contributed by atoms with Crippen molar-refractivity contribution < 1.29 is 23.8 Å². The second-order valence-corrected chi connectivity index (χ2v) is 7.89. The lowest BCUT2D eigenvalue weighted by Crippen LogP contribution is -2.44. The van der Waals surface area contributed by atoms with E-state index in [2.05, 4.69) is 0 Å². The molecule has 0 bridgehead atoms. The standard InChI is InChI=1S/C25H31N3O5/c1-18-8-10-19(11-9-18)23-15-22(20-6-5-7-21(14-20)33-4)26-28(23)24(29)16-27(12-13-31-2)25(30)17-32-3/h5-11,14,23H,12-13,15-17H2,1-4H3. The normalized spacial score (nSPS) is 15.3. The SMILES string of the molecule is COCCN(CC(=O)N1N=C(c2cccc(OC)c2)CC1c1ccc(C)cc1)C(=O)COC. The predicted octanol–water partition coefficient (Wildman–Crippen LogP) is 2.80. The molecule has 0 fully saturated rings. The fourth-order valence-corrected chi connectivity index (χ4v) is 3.71. The molecule has 0 saturated heterocycles. The summed E-state index contributed by atoms with van der Waals surface area (Å²) in [6.45, 7) is 2.43. The molecule has 33 heavy (non-hydrogen) atoms. The molecule has 176 valence electrons. The van der Waals surface area contributed by atoms with E-state index in [1.54, 1.807) is 14.2 Å². The van der Waals surface area contributed by atoms with E-state index in [-0.39, 0.29) is 31.0 Å². The van der Waals surface area contributed by atoms with Gasteiger partial charge in [0.1, 0.15) is 18.9 Å². The largest absolute Gasteiger partial charge is 0.497 e. The van der Waals surface area contributed by atoms with Crippen LogP contribution < -0.4 is 4.74 Å². The lowest BCUT2D eigenvalue weighted by atomic mass is 9.97. The van der Waals surface area contributed by atoms with Crippen molar-refractivity contribution in [3.8, 4) is 5.75 Å². The average Bonchev–Trinajstić information content (AvgIpc) is 3.28. The smallest absolute Gasteiger partial charge is 0.262 e. The van der Waals surface area contributed by atoms with Crippen LogP contribution in [-0.2, 0) is 19.1 Å². The van der Waals surface area contributed by atoms with Gasteiger partial charge in [0.2, 0.25) is 5.91 Å². The Morgan fingerprint density at radius 1 is 1.09 bits per heavy atom. The minimum absolute atomic E-state index is 0.100. The van der Waals surface area contributed by atoms with Crippen LogP contribution >= 0.6 is 0 Å². The average molecular weight is 454 g/mol. The zero-order valence-electron chi connectivity index (χ0n) is 19.6. The van der Waals surface area contributed by atoms with E-state index in [9.17, 15) is 9.59 Å². The highest BCUT2D eigenvalue weighted by molar-refractivity contribution is 6.03. The molecule has 1 atom stereocenters. The quantitative estimate of drug-likeness (QED) is 0.553. The molecule has 3 rings (SSSR count). The summed E-state index contributed by atoms with van der Waals surface area (Å²) in [6.07, 6.45) is 0.562. The summed E-state index contributed by atoms with van der Waals surface area (Å²) < 4.78 is 15.4. The summed E-state index contributed by atoms with van der Waals surface area (Å²) in [7, 11) is 4.62. The molecule has 0 saturated carbocycles. The predicted molar refractivity (Wildman–Crippen MR) is 125 cm³/mol. The fourth-order valence-electron chi connectivity index (χ4n) is 3.71. The molecule has 2 amide bonds. The van der Waals surface area contributed by atoms with Gasteiger partial charge in [0, 0.05) is 32.7 Å². The van der Waals surface area contributed by atoms with E-state index in [0.29, 0.717) is 19.6 Å². The second-order valence-electron chi connectivity index (χ2n) is 7.89. The summed E-state index contributed by atoms with van der Waals surface area (Å²) >= 11 is 0. The molecule has 0 aliphatic carbocycles. The van der Waals surface area contributed by atoms with Gasteiger partial charge in [-0.25, -0.2) is 5.01 Å². The maximum absolute atomic E-state index is 13.4. The first-order valence-electron chi connectivity index (χ1n) is 10.8. The van der Waals surface area contributed by atoms with Gasteiger partial charge in [0.05, 0.1) is 25.5 Å². The number of amides is 2. The van der Waals surface area contributed by atoms with Crippen LogP contribution in [0.1, 0.15) is 29.2 Å². The minimum atomic E-state index is -0.272. The summed E-state index contributed by atoms with van der Waals surface area (Å²) in [5.74, 6) is 0.188. The molecular weight excluding hydrogens is 422 g/mol. The Bertz CT molecular complexity index is 990. The zero-order valence-corrected chi connectivity index (χ0v) is 19.6. The molecule has 8 heteroatoms. The number of nitrogens with zero attached hydrogens (tertiary/aromatic N) is 3. The van der Waals surface area contributed by atoms with Crippen LogP contribution in [0.3, 0.4) is 0 Å². The molecule has 1 aliphatic heterocycles. The van der Waals surface area contributed by atoms with Crippen molar-refractivity contribution >= 4 is 17.5 Å². The fraction of sp³-hybridized carbons (Fsp3) is 0.400. The Balaban J connectivity index is 1.90. The molecule has 2 aromatic rings. The van der Waals surface area contributed by atoms with E-state index in [0.717, 1.165) is 28.2 Å². The highest BCUT2D eigenvalue weighted by Crippen LogP contribution is 2.33. The van der Waals surface area contributed by atoms with Crippen LogP contribution in [0.2, 0.25) is 0 Å². The van der Waals surface area contributed by atoms with Gasteiger partial charge in [0.25, 0.3) is 5.91 Å². The van der Waals surface area contributed by atoms with Gasteiger partial charge in [-0.3, -0.25) is 9.59 Å². The van der Waals surface area contributed by atoms with E-state index in [1.807, 2.05) is 55.5 Å². The Morgan fingerprint density at radius 2 is 1.85 bits per heavy atom. The van der Waals surface area contributed by atoms with Crippen LogP contribution in [0.15, 0.2) is 53.6 Å². The zero-order chi connectivity index (χ0) is 23.8. The first kappa shape index (κ1) is 24.4. The highest BCUT2D eigenvalue weighted by atomic mass is 16.5. The Labute approximate surface area is 194 Å². The number of hydrazone groups is 1. The van der Waals surface area contributed by atoms with Crippen LogP contribution in [0.4, 0.5) is 0 Å². The van der Waals surface area contributed by atoms with Crippen molar-refractivity contribution in [1.29, 1.82) is 0 Å². The van der Waals surface area contributed by atoms with Crippen molar-refractivity contribution in [1.82, 2.24) is 9.91 Å². The molecule has 1 heterocycles. The molecule has 1 aliphatic rings. The lowest BCUT2D eigenvalue weighted by Gasteiger charge is -2.27. The molecule has 2 aromatic carbocycles. The minimum Gasteiger partial charge on any atom is -0.497 e. The molecule has 0 aromatic heterocycles. The maximum atomic E-state index is 13.4. The van der Waals surface area contributed by atoms with Crippen LogP contribution in [0.5, 0.6) is 5.75 Å². The number of hydrogen-bond acceptors (Lipinski definition) is 6. The molecular formula is C25H31N3O5. The first-order valence-corrected chi connectivity index (χ1v) is 10.8. The Kier molecular flexibility index (Phi) is 8.57. The molecule has 8 nitrogen and oxygen atoms in total. The van der Waals surface area contributed by atoms with Crippen LogP contribution in [0, 0.1) is 6.92 Å². The summed E-state index contributed by atoms with van der Waals surface area (Å²) in [5, 5.41) is 6.20. The van der Waals surface area contributed by atoms with Crippen LogP contribution in [-0.4, -0.2) is 75.1 Å². The van der Waals surface area contributed by atoms with Gasteiger partial charge in [-0.15, -0.1) is 0 Å². The molecule has 0 radical (unpaired) electrons. The van der Waals surface area contributed by atoms with Gasteiger partial charge in [0.15, 0.2) is 0 Å². The Hall–Kier alpha value is -3.23. The van der Waals surface area contributed by atoms with Crippen molar-refractivity contribution in [2.75, 3.05) is 47.6 Å². The number of ether oxygens (including phenoxy) is 3. The van der Waals surface area contributed by atoms with Gasteiger partial charge in [-0.1, -0.05) is 42.0 Å². The number of aryl methyl sites for hydroxylation is 1. The number of rotatable bonds is 10. The number of carbonyl (C=O) groups excluding carboxylic acids is 2. The molecule has 0 spiro atoms. The topological polar surface area (TPSA) is 80.7 Å². The van der Waals surface area contributed by atoms with Crippen molar-refractivity contribution in [2.24, 2.45) is 5.10 Å². The van der Waals surface area contributed by atoms with Gasteiger partial charge < -0.3 is 19.1 Å². The summed E-state index contributed by atoms with van der Waals surface area (Å²) in [4.78, 5) is 27.3. The third-order valence-electron chi connectivity index (χ3n) is 5.54. The monoisotopic (exact) mass is 453 g/mol. The highest BCUT2D eigenvalue weighted by Gasteiger charge is 2.34. The summed E-state index contributed by atoms with van der Waals surface area (Å²) in [6, 6.07) is 15.4. The van der Waals surface area contributed by atoms with Crippen molar-refractivity contribution in [2.45, 2.75) is 19.4 Å². The number of carbonyl (C=O) groups is 2. The lowest BCUT2D eigenvalue weighted by molar-refractivity contribution is -0.144. The second kappa shape index (κ2) is 11.6. The maximum Gasteiger partial charge on any atom is 0.262 e. The third-order valence-corrected chi connectivity index (χ3v) is 5.54. The molecule has 0 N–H and O–H groups in total. The number of benzene rings is 2. The van der Waals surface area contributed by atoms with Crippen molar-refractivity contribution in [3.63, 3.8) is 0 Å². The third kappa shape index (κ3) is 6.18. The van der Waals surface area contributed by atoms with Gasteiger partial charge in [-0.2, -0.15) is 5.10 Å². The van der Waals surface area contributed by atoms with Gasteiger partial charge in [-0.05, 0) is 24.6 Å². The summed E-state index contributed by atoms with van der Waals surface area (Å²) in [5.41, 5.74) is 3.81. The Morgan fingerprint density at radius 3 is 2.52 bits per heavy atom. The van der Waals surface area contributed by atoms with Gasteiger partial charge >= 0.3 is 0 Å². The molecule has 1 unspecified atom stereocenters. The number of hydrogen-bond donors (Lipinski definition) is 0. The van der Waals surface area contributed by atoms with Crippen LogP contribution in [0.25, 0.3) is 0 Å². The van der Waals surface area contributed by atoms with E-state index in [1.165, 1.54) is 17.0 Å². The first-order chi connectivity index (χ1) is 16.0.